The van der Waals surface area contributed by atoms with Gasteiger partial charge in [0.05, 0.1) is 0 Å². The van der Waals surface area contributed by atoms with E-state index in [9.17, 15) is 9.59 Å². The third kappa shape index (κ3) is 4.72. The van der Waals surface area contributed by atoms with E-state index in [-0.39, 0.29) is 17.7 Å². The molecule has 4 nitrogen and oxygen atoms in total. The maximum atomic E-state index is 12.5. The molecule has 0 radical (unpaired) electrons. The molecule has 4 heteroatoms. The molecule has 136 valence electrons. The van der Waals surface area contributed by atoms with Crippen LogP contribution in [-0.4, -0.2) is 36.3 Å². The minimum absolute atomic E-state index is 0.0195. The van der Waals surface area contributed by atoms with Gasteiger partial charge in [-0.2, -0.15) is 0 Å². The highest BCUT2D eigenvalue weighted by Crippen LogP contribution is 2.28. The molecule has 0 aliphatic carbocycles. The number of likely N-dealkylation sites (tertiary alicyclic amines) is 1. The van der Waals surface area contributed by atoms with Crippen molar-refractivity contribution < 1.29 is 9.59 Å². The Balaban J connectivity index is 1.62. The van der Waals surface area contributed by atoms with Crippen LogP contribution >= 0.6 is 0 Å². The predicted molar refractivity (Wildman–Crippen MR) is 103 cm³/mol. The summed E-state index contributed by atoms with van der Waals surface area (Å²) < 4.78 is 0. The molecule has 1 heterocycles. The number of carbonyl (C=O) groups excluding carboxylic acids is 2. The molecule has 3 rings (SSSR count). The van der Waals surface area contributed by atoms with Gasteiger partial charge in [-0.3, -0.25) is 9.59 Å². The Labute approximate surface area is 155 Å². The summed E-state index contributed by atoms with van der Waals surface area (Å²) in [6.07, 6.45) is 1.97. The van der Waals surface area contributed by atoms with E-state index < -0.39 is 0 Å². The first-order chi connectivity index (χ1) is 12.6. The summed E-state index contributed by atoms with van der Waals surface area (Å²) in [7, 11) is 0. The van der Waals surface area contributed by atoms with Gasteiger partial charge in [0.25, 0.3) is 0 Å². The molecule has 2 aromatic rings. The molecule has 1 N–H and O–H groups in total. The maximum Gasteiger partial charge on any atom is 0.222 e. The van der Waals surface area contributed by atoms with Crippen LogP contribution in [0.4, 0.5) is 0 Å². The number of carbonyl (C=O) groups is 2. The lowest BCUT2D eigenvalue weighted by Crippen LogP contribution is -2.36. The van der Waals surface area contributed by atoms with Crippen molar-refractivity contribution in [2.24, 2.45) is 0 Å². The van der Waals surface area contributed by atoms with Crippen LogP contribution in [0.3, 0.4) is 0 Å². The van der Waals surface area contributed by atoms with Crippen molar-refractivity contribution in [1.82, 2.24) is 10.2 Å². The number of hydrogen-bond donors (Lipinski definition) is 1. The highest BCUT2D eigenvalue weighted by atomic mass is 16.2. The van der Waals surface area contributed by atoms with E-state index in [1.54, 1.807) is 0 Å². The average Bonchev–Trinajstić information content (AvgIpc) is 3.06. The minimum atomic E-state index is 0.0195. The third-order valence-electron chi connectivity index (χ3n) is 4.95. The molecular weight excluding hydrogens is 324 g/mol. The molecule has 2 aromatic carbocycles. The lowest BCUT2D eigenvalue weighted by molar-refractivity contribution is -0.128. The lowest BCUT2D eigenvalue weighted by Gasteiger charge is -2.19. The fraction of sp³-hybridized carbons (Fsp3) is 0.364. The average molecular weight is 350 g/mol. The SMILES string of the molecule is Cc1ccc([C@H](CC(=O)NCCN2CCCC2=O)c2ccccc2)cc1. The Morgan fingerprint density at radius 2 is 1.77 bits per heavy atom. The highest BCUT2D eigenvalue weighted by molar-refractivity contribution is 5.79. The van der Waals surface area contributed by atoms with Crippen molar-refractivity contribution >= 4 is 11.8 Å². The van der Waals surface area contributed by atoms with Gasteiger partial charge in [-0.05, 0) is 24.5 Å². The zero-order chi connectivity index (χ0) is 18.4. The molecule has 1 aliphatic rings. The molecule has 1 atom stereocenters. The van der Waals surface area contributed by atoms with Crippen LogP contribution in [0.15, 0.2) is 54.6 Å². The van der Waals surface area contributed by atoms with Gasteiger partial charge in [0.2, 0.25) is 11.8 Å². The van der Waals surface area contributed by atoms with Crippen LogP contribution in [0.2, 0.25) is 0 Å². The van der Waals surface area contributed by atoms with E-state index >= 15 is 0 Å². The zero-order valence-electron chi connectivity index (χ0n) is 15.3. The van der Waals surface area contributed by atoms with Crippen LogP contribution in [-0.2, 0) is 9.59 Å². The van der Waals surface area contributed by atoms with Crippen LogP contribution < -0.4 is 5.32 Å². The van der Waals surface area contributed by atoms with Crippen molar-refractivity contribution in [2.45, 2.75) is 32.1 Å². The standard InChI is InChI=1S/C22H26N2O2/c1-17-9-11-19(12-10-17)20(18-6-3-2-4-7-18)16-21(25)23-13-15-24-14-5-8-22(24)26/h2-4,6-7,9-12,20H,5,8,13-16H2,1H3,(H,23,25)/t20-/m1/s1. The van der Waals surface area contributed by atoms with Crippen LogP contribution in [0.5, 0.6) is 0 Å². The number of benzene rings is 2. The number of aryl methyl sites for hydroxylation is 1. The molecule has 1 fully saturated rings. The number of nitrogens with zero attached hydrogens (tertiary/aromatic N) is 1. The normalized spacial score (nSPS) is 15.1. The molecule has 0 aromatic heterocycles. The topological polar surface area (TPSA) is 49.4 Å². The summed E-state index contributed by atoms with van der Waals surface area (Å²) in [5.74, 6) is 0.248. The van der Waals surface area contributed by atoms with Crippen molar-refractivity contribution in [3.8, 4) is 0 Å². The Hall–Kier alpha value is -2.62. The van der Waals surface area contributed by atoms with E-state index in [1.165, 1.54) is 5.56 Å². The summed E-state index contributed by atoms with van der Waals surface area (Å²) in [5.41, 5.74) is 3.49. The van der Waals surface area contributed by atoms with Gasteiger partial charge >= 0.3 is 0 Å². The van der Waals surface area contributed by atoms with E-state index in [1.807, 2.05) is 23.1 Å². The van der Waals surface area contributed by atoms with Gasteiger partial charge in [0.15, 0.2) is 0 Å². The number of rotatable bonds is 7. The molecule has 0 saturated carbocycles. The summed E-state index contributed by atoms with van der Waals surface area (Å²) >= 11 is 0. The van der Waals surface area contributed by atoms with Crippen LogP contribution in [0, 0.1) is 6.92 Å². The second-order valence-corrected chi connectivity index (χ2v) is 6.91. The Morgan fingerprint density at radius 3 is 2.42 bits per heavy atom. The molecule has 2 amide bonds. The number of hydrogen-bond acceptors (Lipinski definition) is 2. The third-order valence-corrected chi connectivity index (χ3v) is 4.95. The minimum Gasteiger partial charge on any atom is -0.354 e. The van der Waals surface area contributed by atoms with E-state index in [4.69, 9.17) is 0 Å². The van der Waals surface area contributed by atoms with Gasteiger partial charge in [0, 0.05) is 38.4 Å². The van der Waals surface area contributed by atoms with Crippen LogP contribution in [0.25, 0.3) is 0 Å². The van der Waals surface area contributed by atoms with Gasteiger partial charge < -0.3 is 10.2 Å². The van der Waals surface area contributed by atoms with Crippen molar-refractivity contribution in [1.29, 1.82) is 0 Å². The smallest absolute Gasteiger partial charge is 0.222 e. The van der Waals surface area contributed by atoms with Gasteiger partial charge in [-0.25, -0.2) is 0 Å². The fourth-order valence-corrected chi connectivity index (χ4v) is 3.44. The maximum absolute atomic E-state index is 12.5. The Morgan fingerprint density at radius 1 is 1.08 bits per heavy atom. The van der Waals surface area contributed by atoms with E-state index in [2.05, 4.69) is 48.6 Å². The molecule has 0 bridgehead atoms. The van der Waals surface area contributed by atoms with Gasteiger partial charge in [-0.1, -0.05) is 60.2 Å². The van der Waals surface area contributed by atoms with Crippen molar-refractivity contribution in [3.05, 3.63) is 71.3 Å². The molecule has 26 heavy (non-hydrogen) atoms. The van der Waals surface area contributed by atoms with E-state index in [0.717, 1.165) is 24.1 Å². The first-order valence-corrected chi connectivity index (χ1v) is 9.29. The highest BCUT2D eigenvalue weighted by Gasteiger charge is 2.21. The Bertz CT molecular complexity index is 740. The summed E-state index contributed by atoms with van der Waals surface area (Å²) in [4.78, 5) is 26.0. The molecule has 1 saturated heterocycles. The molecular formula is C22H26N2O2. The van der Waals surface area contributed by atoms with Gasteiger partial charge in [-0.15, -0.1) is 0 Å². The second kappa shape index (κ2) is 8.65. The first-order valence-electron chi connectivity index (χ1n) is 9.29. The summed E-state index contributed by atoms with van der Waals surface area (Å²) in [6.45, 7) is 3.99. The monoisotopic (exact) mass is 350 g/mol. The number of amides is 2. The lowest BCUT2D eigenvalue weighted by atomic mass is 9.88. The first kappa shape index (κ1) is 18.2. The second-order valence-electron chi connectivity index (χ2n) is 6.91. The molecule has 0 spiro atoms. The quantitative estimate of drug-likeness (QED) is 0.833. The number of nitrogens with one attached hydrogen (secondary N) is 1. The zero-order valence-corrected chi connectivity index (χ0v) is 15.3. The summed E-state index contributed by atoms with van der Waals surface area (Å²) in [6, 6.07) is 18.5. The van der Waals surface area contributed by atoms with Gasteiger partial charge in [0.1, 0.15) is 0 Å². The van der Waals surface area contributed by atoms with Crippen LogP contribution in [0.1, 0.15) is 41.9 Å². The largest absolute Gasteiger partial charge is 0.354 e. The predicted octanol–water partition coefficient (Wildman–Crippen LogP) is 3.26. The van der Waals surface area contributed by atoms with E-state index in [0.29, 0.717) is 25.9 Å². The van der Waals surface area contributed by atoms with Crippen molar-refractivity contribution in [3.63, 3.8) is 0 Å². The summed E-state index contributed by atoms with van der Waals surface area (Å²) in [5, 5.41) is 2.98. The van der Waals surface area contributed by atoms with Crippen molar-refractivity contribution in [2.75, 3.05) is 19.6 Å². The Kier molecular flexibility index (Phi) is 6.05. The molecule has 0 unspecified atom stereocenters. The molecule has 1 aliphatic heterocycles. The fourth-order valence-electron chi connectivity index (χ4n) is 3.44.